The predicted molar refractivity (Wildman–Crippen MR) is 31.4 cm³/mol. The summed E-state index contributed by atoms with van der Waals surface area (Å²) in [6.07, 6.45) is 1.07. The average molecular weight is 150 g/mol. The summed E-state index contributed by atoms with van der Waals surface area (Å²) < 4.78 is 28.3. The standard InChI is InChI=1S/C4H6O4S/c1-4(2-3-5)9(6,7)8/h2-3H,1H3,(H,6,7,8). The molecule has 0 aliphatic heterocycles. The molecular weight excluding hydrogens is 144 g/mol. The van der Waals surface area contributed by atoms with Crippen LogP contribution >= 0.6 is 0 Å². The Labute approximate surface area is 52.9 Å². The molecule has 0 aliphatic carbocycles. The van der Waals surface area contributed by atoms with Crippen LogP contribution in [-0.2, 0) is 14.9 Å². The van der Waals surface area contributed by atoms with Crippen molar-refractivity contribution in [2.75, 3.05) is 0 Å². The number of hydrogen-bond donors (Lipinski definition) is 1. The summed E-state index contributed by atoms with van der Waals surface area (Å²) in [6, 6.07) is 0. The Morgan fingerprint density at radius 1 is 1.56 bits per heavy atom. The first kappa shape index (κ1) is 8.32. The molecule has 0 aromatic rings. The van der Waals surface area contributed by atoms with Crippen LogP contribution in [0.15, 0.2) is 11.0 Å². The van der Waals surface area contributed by atoms with Gasteiger partial charge < -0.3 is 0 Å². The van der Waals surface area contributed by atoms with Gasteiger partial charge in [0.05, 0.1) is 4.91 Å². The van der Waals surface area contributed by atoms with Crippen molar-refractivity contribution in [1.82, 2.24) is 0 Å². The lowest BCUT2D eigenvalue weighted by molar-refractivity contribution is -0.104. The highest BCUT2D eigenvalue weighted by Crippen LogP contribution is 1.98. The monoisotopic (exact) mass is 150 g/mol. The number of carbonyl (C=O) groups excluding carboxylic acids is 1. The van der Waals surface area contributed by atoms with Crippen LogP contribution in [0.4, 0.5) is 0 Å². The first-order valence-electron chi connectivity index (χ1n) is 2.08. The Bertz CT molecular complexity index is 223. The molecule has 4 nitrogen and oxygen atoms in total. The second-order valence-corrected chi connectivity index (χ2v) is 2.98. The molecule has 0 saturated carbocycles. The highest BCUT2D eigenvalue weighted by atomic mass is 32.2. The van der Waals surface area contributed by atoms with Crippen LogP contribution in [0.3, 0.4) is 0 Å². The number of aldehydes is 1. The van der Waals surface area contributed by atoms with Gasteiger partial charge in [0, 0.05) is 0 Å². The highest BCUT2D eigenvalue weighted by molar-refractivity contribution is 7.89. The molecule has 0 radical (unpaired) electrons. The van der Waals surface area contributed by atoms with E-state index in [1.54, 1.807) is 0 Å². The SMILES string of the molecule is CC(=CC=O)S(=O)(=O)O. The van der Waals surface area contributed by atoms with E-state index in [-0.39, 0.29) is 4.91 Å². The van der Waals surface area contributed by atoms with Crippen molar-refractivity contribution in [2.45, 2.75) is 6.92 Å². The van der Waals surface area contributed by atoms with Crippen molar-refractivity contribution in [3.63, 3.8) is 0 Å². The minimum absolute atomic E-state index is 0.295. The Kier molecular flexibility index (Phi) is 2.54. The number of hydrogen-bond acceptors (Lipinski definition) is 3. The normalized spacial score (nSPS) is 13.3. The van der Waals surface area contributed by atoms with E-state index in [1.807, 2.05) is 0 Å². The van der Waals surface area contributed by atoms with Crippen molar-refractivity contribution in [2.24, 2.45) is 0 Å². The van der Waals surface area contributed by atoms with Crippen molar-refractivity contribution in [3.8, 4) is 0 Å². The molecule has 0 aromatic carbocycles. The second-order valence-electron chi connectivity index (χ2n) is 1.39. The van der Waals surface area contributed by atoms with Gasteiger partial charge in [0.25, 0.3) is 10.1 Å². The van der Waals surface area contributed by atoms with Crippen LogP contribution in [0.25, 0.3) is 0 Å². The van der Waals surface area contributed by atoms with Gasteiger partial charge >= 0.3 is 0 Å². The zero-order chi connectivity index (χ0) is 7.49. The van der Waals surface area contributed by atoms with E-state index in [1.165, 1.54) is 0 Å². The molecule has 0 rings (SSSR count). The van der Waals surface area contributed by atoms with Crippen LogP contribution < -0.4 is 0 Å². The maximum atomic E-state index is 10.0. The van der Waals surface area contributed by atoms with E-state index in [0.29, 0.717) is 6.29 Å². The van der Waals surface area contributed by atoms with Crippen LogP contribution in [0.5, 0.6) is 0 Å². The predicted octanol–water partition coefficient (Wildman–Crippen LogP) is -0.0231. The summed E-state index contributed by atoms with van der Waals surface area (Å²) in [7, 11) is -4.14. The molecule has 0 aromatic heterocycles. The molecular formula is C4H6O4S. The molecule has 52 valence electrons. The second kappa shape index (κ2) is 2.75. The summed E-state index contributed by atoms with van der Waals surface area (Å²) in [6.45, 7) is 1.13. The molecule has 5 heteroatoms. The quantitative estimate of drug-likeness (QED) is 0.341. The fraction of sp³-hybridized carbons (Fsp3) is 0.250. The van der Waals surface area contributed by atoms with Crippen molar-refractivity contribution >= 4 is 16.4 Å². The molecule has 0 amide bonds. The third kappa shape index (κ3) is 2.99. The number of rotatable bonds is 2. The first-order valence-corrected chi connectivity index (χ1v) is 3.52. The molecule has 1 N–H and O–H groups in total. The maximum Gasteiger partial charge on any atom is 0.290 e. The van der Waals surface area contributed by atoms with Crippen molar-refractivity contribution in [1.29, 1.82) is 0 Å². The molecule has 0 aliphatic rings. The maximum absolute atomic E-state index is 10.0. The lowest BCUT2D eigenvalue weighted by Gasteiger charge is -1.89. The Morgan fingerprint density at radius 3 is 2.11 bits per heavy atom. The topological polar surface area (TPSA) is 71.4 Å². The molecule has 0 unspecified atom stereocenters. The largest absolute Gasteiger partial charge is 0.299 e. The molecule has 9 heavy (non-hydrogen) atoms. The van der Waals surface area contributed by atoms with Crippen LogP contribution in [0.1, 0.15) is 6.92 Å². The van der Waals surface area contributed by atoms with Gasteiger partial charge in [-0.3, -0.25) is 9.35 Å². The van der Waals surface area contributed by atoms with Gasteiger partial charge in [-0.05, 0) is 13.0 Å². The van der Waals surface area contributed by atoms with E-state index in [9.17, 15) is 13.2 Å². The van der Waals surface area contributed by atoms with Gasteiger partial charge in [-0.1, -0.05) is 0 Å². The van der Waals surface area contributed by atoms with Crippen LogP contribution in [0.2, 0.25) is 0 Å². The summed E-state index contributed by atoms with van der Waals surface area (Å²) in [5.74, 6) is 0. The Hall–Kier alpha value is -0.680. The van der Waals surface area contributed by atoms with E-state index in [2.05, 4.69) is 0 Å². The summed E-state index contributed by atoms with van der Waals surface area (Å²) >= 11 is 0. The third-order valence-electron chi connectivity index (χ3n) is 0.710. The van der Waals surface area contributed by atoms with Gasteiger partial charge in [0.1, 0.15) is 6.29 Å². The van der Waals surface area contributed by atoms with Crippen LogP contribution in [0, 0.1) is 0 Å². The zero-order valence-electron chi connectivity index (χ0n) is 4.73. The van der Waals surface area contributed by atoms with E-state index < -0.39 is 10.1 Å². The van der Waals surface area contributed by atoms with Gasteiger partial charge in [0.15, 0.2) is 0 Å². The molecule has 0 saturated heterocycles. The van der Waals surface area contributed by atoms with Crippen molar-refractivity contribution in [3.05, 3.63) is 11.0 Å². The smallest absolute Gasteiger partial charge is 0.290 e. The minimum atomic E-state index is -4.14. The van der Waals surface area contributed by atoms with Gasteiger partial charge in [-0.15, -0.1) is 0 Å². The van der Waals surface area contributed by atoms with E-state index in [0.717, 1.165) is 13.0 Å². The van der Waals surface area contributed by atoms with Gasteiger partial charge in [0.2, 0.25) is 0 Å². The fourth-order valence-corrected chi connectivity index (χ4v) is 0.409. The average Bonchev–Trinajstić information content (AvgIpc) is 1.64. The molecule has 0 spiro atoms. The molecule has 0 fully saturated rings. The lowest BCUT2D eigenvalue weighted by Crippen LogP contribution is -1.97. The van der Waals surface area contributed by atoms with Gasteiger partial charge in [-0.2, -0.15) is 8.42 Å². The molecule has 0 bridgehead atoms. The summed E-state index contributed by atoms with van der Waals surface area (Å²) in [4.78, 5) is 9.26. The first-order chi connectivity index (χ1) is 3.98. The fourth-order valence-electron chi connectivity index (χ4n) is 0.182. The minimum Gasteiger partial charge on any atom is -0.299 e. The summed E-state index contributed by atoms with van der Waals surface area (Å²) in [5.41, 5.74) is 0. The summed E-state index contributed by atoms with van der Waals surface area (Å²) in [5, 5.41) is 0. The van der Waals surface area contributed by atoms with E-state index in [4.69, 9.17) is 4.55 Å². The molecule has 0 atom stereocenters. The van der Waals surface area contributed by atoms with E-state index >= 15 is 0 Å². The third-order valence-corrected chi connectivity index (χ3v) is 1.66. The number of carbonyl (C=O) groups is 1. The Morgan fingerprint density at radius 2 is 2.00 bits per heavy atom. The van der Waals surface area contributed by atoms with Crippen LogP contribution in [-0.4, -0.2) is 19.3 Å². The molecule has 0 heterocycles. The Balaban J connectivity index is 4.61. The van der Waals surface area contributed by atoms with Crippen molar-refractivity contribution < 1.29 is 17.8 Å². The highest BCUT2D eigenvalue weighted by Gasteiger charge is 2.05. The zero-order valence-corrected chi connectivity index (χ0v) is 5.55. The van der Waals surface area contributed by atoms with Gasteiger partial charge in [-0.25, -0.2) is 0 Å². The lowest BCUT2D eigenvalue weighted by atomic mass is 10.6. The number of allylic oxidation sites excluding steroid dienone is 2.